The first-order valence-electron chi connectivity index (χ1n) is 8.90. The zero-order valence-corrected chi connectivity index (χ0v) is 17.1. The molecule has 1 heterocycles. The molecule has 0 aromatic heterocycles. The van der Waals surface area contributed by atoms with Crippen LogP contribution in [0.2, 0.25) is 0 Å². The average Bonchev–Trinajstić information content (AvgIpc) is 3.22. The molecule has 0 unspecified atom stereocenters. The fourth-order valence-corrected chi connectivity index (χ4v) is 5.51. The van der Waals surface area contributed by atoms with E-state index in [1.165, 1.54) is 11.1 Å². The highest BCUT2D eigenvalue weighted by Gasteiger charge is 2.21. The Morgan fingerprint density at radius 1 is 1.07 bits per heavy atom. The van der Waals surface area contributed by atoms with Gasteiger partial charge in [0.15, 0.2) is 6.10 Å². The van der Waals surface area contributed by atoms with Gasteiger partial charge in [-0.25, -0.2) is 4.79 Å². The Hall–Kier alpha value is -1.92. The second-order valence-electron chi connectivity index (χ2n) is 6.45. The van der Waals surface area contributed by atoms with Gasteiger partial charge in [0.1, 0.15) is 0 Å². The van der Waals surface area contributed by atoms with Crippen LogP contribution in [0, 0.1) is 6.92 Å². The molecule has 0 saturated carbocycles. The van der Waals surface area contributed by atoms with Crippen LogP contribution >= 0.6 is 23.5 Å². The SMILES string of the molecule is Cc1ccc(CNC(=O)[C@H](C)OC(=O)c2ccc(C3SCCS3)cc2)cc1. The van der Waals surface area contributed by atoms with Gasteiger partial charge in [-0.3, -0.25) is 4.79 Å². The van der Waals surface area contributed by atoms with E-state index in [2.05, 4.69) is 5.32 Å². The Bertz CT molecular complexity index is 784. The number of thioether (sulfide) groups is 2. The number of benzene rings is 2. The van der Waals surface area contributed by atoms with Gasteiger partial charge < -0.3 is 10.1 Å². The lowest BCUT2D eigenvalue weighted by molar-refractivity contribution is -0.129. The van der Waals surface area contributed by atoms with Crippen LogP contribution in [0.25, 0.3) is 0 Å². The first-order valence-corrected chi connectivity index (χ1v) is 11.0. The topological polar surface area (TPSA) is 55.4 Å². The standard InChI is InChI=1S/C21H23NO3S2/c1-14-3-5-16(6-4-14)13-22-19(23)15(2)25-20(24)17-7-9-18(10-8-17)21-26-11-12-27-21/h3-10,15,21H,11-13H2,1-2H3,(H,22,23)/t15-/m0/s1. The quantitative estimate of drug-likeness (QED) is 0.730. The van der Waals surface area contributed by atoms with Crippen molar-refractivity contribution in [1.29, 1.82) is 0 Å². The third-order valence-electron chi connectivity index (χ3n) is 4.28. The van der Waals surface area contributed by atoms with Crippen molar-refractivity contribution < 1.29 is 14.3 Å². The van der Waals surface area contributed by atoms with Gasteiger partial charge in [0, 0.05) is 18.1 Å². The third kappa shape index (κ3) is 5.53. The van der Waals surface area contributed by atoms with Crippen LogP contribution in [-0.4, -0.2) is 29.5 Å². The summed E-state index contributed by atoms with van der Waals surface area (Å²) < 4.78 is 5.76. The molecule has 1 saturated heterocycles. The minimum absolute atomic E-state index is 0.306. The molecule has 3 rings (SSSR count). The Kier molecular flexibility index (Phi) is 6.85. The fraction of sp³-hybridized carbons (Fsp3) is 0.333. The van der Waals surface area contributed by atoms with Crippen molar-refractivity contribution in [1.82, 2.24) is 5.32 Å². The molecule has 1 amide bonds. The molecule has 1 aliphatic heterocycles. The smallest absolute Gasteiger partial charge is 0.338 e. The first kappa shape index (κ1) is 19.8. The van der Waals surface area contributed by atoms with Crippen molar-refractivity contribution in [3.8, 4) is 0 Å². The molecule has 2 aromatic carbocycles. The van der Waals surface area contributed by atoms with E-state index in [1.54, 1.807) is 19.1 Å². The number of esters is 1. The largest absolute Gasteiger partial charge is 0.449 e. The lowest BCUT2D eigenvalue weighted by Gasteiger charge is -2.14. The molecule has 1 aliphatic rings. The molecule has 0 radical (unpaired) electrons. The second-order valence-corrected chi connectivity index (χ2v) is 9.17. The van der Waals surface area contributed by atoms with Crippen LogP contribution in [0.5, 0.6) is 0 Å². The molecule has 1 atom stereocenters. The Balaban J connectivity index is 1.50. The minimum Gasteiger partial charge on any atom is -0.449 e. The summed E-state index contributed by atoms with van der Waals surface area (Å²) in [6.45, 7) is 4.01. The Morgan fingerprint density at radius 3 is 2.33 bits per heavy atom. The Labute approximate surface area is 168 Å². The molecule has 0 aliphatic carbocycles. The maximum Gasteiger partial charge on any atom is 0.338 e. The molecule has 0 spiro atoms. The maximum absolute atomic E-state index is 12.3. The normalized spacial score (nSPS) is 15.3. The summed E-state index contributed by atoms with van der Waals surface area (Å²) in [6.07, 6.45) is -0.844. The van der Waals surface area contributed by atoms with Gasteiger partial charge in [-0.15, -0.1) is 23.5 Å². The molecule has 0 bridgehead atoms. The number of hydrogen-bond donors (Lipinski definition) is 1. The van der Waals surface area contributed by atoms with Crippen LogP contribution in [0.3, 0.4) is 0 Å². The Morgan fingerprint density at radius 2 is 1.70 bits per heavy atom. The molecule has 6 heteroatoms. The number of carbonyl (C=O) groups excluding carboxylic acids is 2. The van der Waals surface area contributed by atoms with Gasteiger partial charge >= 0.3 is 5.97 Å². The summed E-state index contributed by atoms with van der Waals surface area (Å²) in [7, 11) is 0. The summed E-state index contributed by atoms with van der Waals surface area (Å²) in [6, 6.07) is 15.4. The molecule has 27 heavy (non-hydrogen) atoms. The molecule has 4 nitrogen and oxygen atoms in total. The lowest BCUT2D eigenvalue weighted by Crippen LogP contribution is -2.35. The fourth-order valence-electron chi connectivity index (χ4n) is 2.65. The van der Waals surface area contributed by atoms with Gasteiger partial charge in [-0.2, -0.15) is 0 Å². The number of nitrogens with one attached hydrogen (secondary N) is 1. The number of hydrogen-bond acceptors (Lipinski definition) is 5. The van der Waals surface area contributed by atoms with Crippen LogP contribution in [-0.2, 0) is 16.1 Å². The summed E-state index contributed by atoms with van der Waals surface area (Å²) in [5.41, 5.74) is 3.85. The van der Waals surface area contributed by atoms with E-state index in [9.17, 15) is 9.59 Å². The van der Waals surface area contributed by atoms with Crippen LogP contribution in [0.15, 0.2) is 48.5 Å². The maximum atomic E-state index is 12.3. The molecule has 142 valence electrons. The zero-order valence-electron chi connectivity index (χ0n) is 15.4. The molecular formula is C21H23NO3S2. The summed E-state index contributed by atoms with van der Waals surface area (Å²) >= 11 is 3.84. The monoisotopic (exact) mass is 401 g/mol. The van der Waals surface area contributed by atoms with Gasteiger partial charge in [0.25, 0.3) is 5.91 Å². The predicted octanol–water partition coefficient (Wildman–Crippen LogP) is 4.34. The number of amides is 1. The van der Waals surface area contributed by atoms with E-state index >= 15 is 0 Å². The van der Waals surface area contributed by atoms with Gasteiger partial charge in [-0.1, -0.05) is 42.0 Å². The van der Waals surface area contributed by atoms with E-state index in [0.717, 1.165) is 17.1 Å². The van der Waals surface area contributed by atoms with Crippen LogP contribution in [0.4, 0.5) is 0 Å². The van der Waals surface area contributed by atoms with E-state index in [1.807, 2.05) is 66.8 Å². The van der Waals surface area contributed by atoms with Crippen molar-refractivity contribution in [3.05, 3.63) is 70.8 Å². The lowest BCUT2D eigenvalue weighted by atomic mass is 10.1. The summed E-state index contributed by atoms with van der Waals surface area (Å²) in [4.78, 5) is 24.5. The zero-order chi connectivity index (χ0) is 19.2. The minimum atomic E-state index is -0.844. The molecular weight excluding hydrogens is 378 g/mol. The highest BCUT2D eigenvalue weighted by atomic mass is 32.2. The van der Waals surface area contributed by atoms with Crippen molar-refractivity contribution in [2.75, 3.05) is 11.5 Å². The van der Waals surface area contributed by atoms with Gasteiger partial charge in [0.05, 0.1) is 10.1 Å². The predicted molar refractivity (Wildman–Crippen MR) is 112 cm³/mol. The molecule has 2 aromatic rings. The van der Waals surface area contributed by atoms with Crippen molar-refractivity contribution >= 4 is 35.4 Å². The first-order chi connectivity index (χ1) is 13.0. The third-order valence-corrected chi connectivity index (χ3v) is 7.39. The number of ether oxygens (including phenoxy) is 1. The summed E-state index contributed by atoms with van der Waals surface area (Å²) in [5.74, 6) is 1.54. The number of rotatable bonds is 6. The van der Waals surface area contributed by atoms with Gasteiger partial charge in [0.2, 0.25) is 0 Å². The van der Waals surface area contributed by atoms with Crippen LogP contribution in [0.1, 0.15) is 38.6 Å². The van der Waals surface area contributed by atoms with Crippen molar-refractivity contribution in [2.45, 2.75) is 31.1 Å². The van der Waals surface area contributed by atoms with E-state index < -0.39 is 12.1 Å². The molecule has 1 fully saturated rings. The number of carbonyl (C=O) groups is 2. The van der Waals surface area contributed by atoms with E-state index in [4.69, 9.17) is 4.74 Å². The van der Waals surface area contributed by atoms with Crippen molar-refractivity contribution in [2.24, 2.45) is 0 Å². The molecule has 1 N–H and O–H groups in total. The van der Waals surface area contributed by atoms with Gasteiger partial charge in [-0.05, 0) is 37.1 Å². The second kappa shape index (κ2) is 9.33. The van der Waals surface area contributed by atoms with Crippen molar-refractivity contribution in [3.63, 3.8) is 0 Å². The number of aryl methyl sites for hydroxylation is 1. The summed E-state index contributed by atoms with van der Waals surface area (Å²) in [5, 5.41) is 2.80. The average molecular weight is 402 g/mol. The van der Waals surface area contributed by atoms with Crippen LogP contribution < -0.4 is 5.32 Å². The highest BCUT2D eigenvalue weighted by Crippen LogP contribution is 2.45. The van der Waals surface area contributed by atoms with E-state index in [0.29, 0.717) is 16.7 Å². The van der Waals surface area contributed by atoms with E-state index in [-0.39, 0.29) is 5.91 Å². The highest BCUT2D eigenvalue weighted by molar-refractivity contribution is 8.19.